The molecule has 2 fully saturated rings. The van der Waals surface area contributed by atoms with Crippen LogP contribution in [-0.2, 0) is 14.3 Å². The van der Waals surface area contributed by atoms with Crippen molar-refractivity contribution in [1.82, 2.24) is 0 Å². The van der Waals surface area contributed by atoms with Crippen LogP contribution in [-0.4, -0.2) is 104 Å². The number of hydrogen-bond acceptors (Lipinski definition) is 12. The van der Waals surface area contributed by atoms with Crippen LogP contribution in [0.15, 0.2) is 73.9 Å². The Hall–Kier alpha value is -1.44. The largest absolute Gasteiger partial charge is 0.481 e. The summed E-state index contributed by atoms with van der Waals surface area (Å²) >= 11 is 13.2. The molecule has 0 amide bonds. The van der Waals surface area contributed by atoms with Gasteiger partial charge in [0, 0.05) is 36.3 Å². The first-order valence-electron chi connectivity index (χ1n) is 18.5. The van der Waals surface area contributed by atoms with Crippen molar-refractivity contribution >= 4 is 90.0 Å². The summed E-state index contributed by atoms with van der Waals surface area (Å²) in [4.78, 5) is 23.2. The molecule has 8 atom stereocenters. The van der Waals surface area contributed by atoms with Crippen molar-refractivity contribution in [3.8, 4) is 5.06 Å². The van der Waals surface area contributed by atoms with E-state index in [4.69, 9.17) is 19.7 Å². The lowest BCUT2D eigenvalue weighted by molar-refractivity contribution is -0.141. The highest BCUT2D eigenvalue weighted by Crippen LogP contribution is 2.38. The second-order valence-corrected chi connectivity index (χ2v) is 20.2. The van der Waals surface area contributed by atoms with Gasteiger partial charge in [-0.1, -0.05) is 48.6 Å². The molecule has 312 valence electrons. The summed E-state index contributed by atoms with van der Waals surface area (Å²) in [5.41, 5.74) is 0. The third kappa shape index (κ3) is 18.6. The molecule has 2 aromatic rings. The Bertz CT molecular complexity index is 1450. The van der Waals surface area contributed by atoms with Crippen molar-refractivity contribution in [2.24, 2.45) is 23.7 Å². The Balaban J connectivity index is 0.000000300. The van der Waals surface area contributed by atoms with E-state index in [0.29, 0.717) is 17.9 Å². The van der Waals surface area contributed by atoms with Crippen LogP contribution in [0.1, 0.15) is 48.3 Å². The molecular formula is C40H54Br2O10S4. The molecule has 4 rings (SSSR count). The summed E-state index contributed by atoms with van der Waals surface area (Å²) in [5, 5.41) is 58.8. The van der Waals surface area contributed by atoms with Crippen LogP contribution in [0.3, 0.4) is 0 Å². The fourth-order valence-electron chi connectivity index (χ4n) is 6.37. The van der Waals surface area contributed by atoms with Crippen LogP contribution in [0.25, 0.3) is 0 Å². The van der Waals surface area contributed by atoms with Gasteiger partial charge in [-0.25, -0.2) is 4.79 Å². The number of carbonyl (C=O) groups is 2. The lowest BCUT2D eigenvalue weighted by atomic mass is 9.90. The average molecular weight is 983 g/mol. The summed E-state index contributed by atoms with van der Waals surface area (Å²) in [7, 11) is 0. The normalized spacial score (nSPS) is 23.7. The lowest BCUT2D eigenvalue weighted by Crippen LogP contribution is -2.19. The van der Waals surface area contributed by atoms with E-state index < -0.39 is 24.1 Å². The van der Waals surface area contributed by atoms with Crippen LogP contribution in [0.2, 0.25) is 0 Å². The first kappa shape index (κ1) is 48.9. The lowest BCUT2D eigenvalue weighted by Gasteiger charge is -2.18. The maximum absolute atomic E-state index is 10.5. The molecule has 2 unspecified atom stereocenters. The van der Waals surface area contributed by atoms with E-state index in [1.807, 2.05) is 43.4 Å². The van der Waals surface area contributed by atoms with Gasteiger partial charge in [0.1, 0.15) is 19.3 Å². The minimum Gasteiger partial charge on any atom is -0.481 e. The number of rotatable bonds is 22. The van der Waals surface area contributed by atoms with Gasteiger partial charge in [0.25, 0.3) is 0 Å². The Morgan fingerprint density at radius 2 is 1.43 bits per heavy atom. The Kier molecular flexibility index (Phi) is 23.3. The van der Waals surface area contributed by atoms with E-state index in [0.717, 1.165) is 51.0 Å². The number of thiophene rings is 2. The zero-order valence-electron chi connectivity index (χ0n) is 31.6. The van der Waals surface area contributed by atoms with E-state index in [1.54, 1.807) is 35.3 Å². The number of carboxylic acids is 2. The summed E-state index contributed by atoms with van der Waals surface area (Å²) in [6, 6.07) is 3.98. The van der Waals surface area contributed by atoms with E-state index in [9.17, 15) is 30.0 Å². The number of thioether (sulfide) groups is 2. The molecule has 0 spiro atoms. The standard InChI is InChI=1S/C20H27BrO6S.C20H27BrO4S3/c2*1-13-17(21)10-20(28-13)27-11-15(22)7-5-14-6-8-18(23)16(14)4-2-3-9-26-12-19(24)25/h2*2-3,5,7,10,14-16,18,22-23H,4,6,8-9,11-12H2,1H3,(H,24,25)/b2*3-2-,7-5+/t2*14-,15+,16+,18?/m00/s1. The number of aliphatic hydroxyl groups excluding tert-OH is 4. The van der Waals surface area contributed by atoms with E-state index in [2.05, 4.69) is 50.9 Å². The predicted molar refractivity (Wildman–Crippen MR) is 235 cm³/mol. The first-order chi connectivity index (χ1) is 26.7. The van der Waals surface area contributed by atoms with Gasteiger partial charge in [-0.2, -0.15) is 0 Å². The van der Waals surface area contributed by atoms with Crippen LogP contribution in [0, 0.1) is 37.5 Å². The molecular weight excluding hydrogens is 929 g/mol. The molecule has 2 aliphatic rings. The number of carboxylic acid groups (broad SMARTS) is 2. The van der Waals surface area contributed by atoms with Gasteiger partial charge >= 0.3 is 11.9 Å². The van der Waals surface area contributed by atoms with Gasteiger partial charge in [0.2, 0.25) is 0 Å². The van der Waals surface area contributed by atoms with Gasteiger partial charge in [0.15, 0.2) is 5.06 Å². The SMILES string of the molecule is Cc1sc(OC[C@H](O)/C=C/[C@H]2CCC(O)[C@@H]2C/C=C\COCC(=O)O)cc1Br.Cc1sc(SC[C@H](O)/C=C/[C@H]2CCC(O)[C@@H]2C/C=C\CSCC(=O)O)cc1Br. The molecule has 2 heterocycles. The minimum atomic E-state index is -0.991. The maximum Gasteiger partial charge on any atom is 0.329 e. The molecule has 16 heteroatoms. The van der Waals surface area contributed by atoms with Crippen molar-refractivity contribution in [2.75, 3.05) is 37.1 Å². The quantitative estimate of drug-likeness (QED) is 0.0378. The van der Waals surface area contributed by atoms with Crippen LogP contribution < -0.4 is 4.74 Å². The fraction of sp³-hybridized carbons (Fsp3) is 0.550. The third-order valence-corrected chi connectivity index (χ3v) is 15.7. The molecule has 2 aromatic heterocycles. The summed E-state index contributed by atoms with van der Waals surface area (Å²) in [5.74, 6) is 0.301. The van der Waals surface area contributed by atoms with Gasteiger partial charge in [-0.3, -0.25) is 4.79 Å². The van der Waals surface area contributed by atoms with Crippen molar-refractivity contribution in [2.45, 2.75) is 81.0 Å². The molecule has 0 radical (unpaired) electrons. The minimum absolute atomic E-state index is 0.0796. The number of allylic oxidation sites excluding steroid dienone is 4. The molecule has 0 bridgehead atoms. The number of hydrogen-bond donors (Lipinski definition) is 6. The first-order valence-corrected chi connectivity index (χ1v) is 23.8. The van der Waals surface area contributed by atoms with Crippen LogP contribution in [0.5, 0.6) is 5.06 Å². The molecule has 6 N–H and O–H groups in total. The summed E-state index contributed by atoms with van der Waals surface area (Å²) < 4.78 is 13.9. The summed E-state index contributed by atoms with van der Waals surface area (Å²) in [6.07, 6.45) is 18.2. The number of aliphatic hydroxyl groups is 4. The number of aryl methyl sites for hydroxylation is 2. The van der Waals surface area contributed by atoms with E-state index in [-0.39, 0.29) is 61.5 Å². The number of ether oxygens (including phenoxy) is 2. The Morgan fingerprint density at radius 1 is 0.839 bits per heavy atom. The van der Waals surface area contributed by atoms with Crippen molar-refractivity contribution in [3.05, 3.63) is 79.4 Å². The van der Waals surface area contributed by atoms with E-state index >= 15 is 0 Å². The molecule has 2 saturated carbocycles. The van der Waals surface area contributed by atoms with Crippen molar-refractivity contribution in [3.63, 3.8) is 0 Å². The zero-order valence-corrected chi connectivity index (χ0v) is 38.0. The monoisotopic (exact) mass is 980 g/mol. The van der Waals surface area contributed by atoms with E-state index in [1.165, 1.54) is 32.2 Å². The number of halogens is 2. The fourth-order valence-corrected chi connectivity index (χ4v) is 11.2. The highest BCUT2D eigenvalue weighted by atomic mass is 79.9. The van der Waals surface area contributed by atoms with Crippen molar-refractivity contribution in [1.29, 1.82) is 0 Å². The second kappa shape index (κ2) is 26.6. The van der Waals surface area contributed by atoms with Gasteiger partial charge in [-0.05, 0) is 114 Å². The summed E-state index contributed by atoms with van der Waals surface area (Å²) in [6.45, 7) is 4.17. The smallest absolute Gasteiger partial charge is 0.329 e. The molecule has 0 aromatic carbocycles. The topological polar surface area (TPSA) is 174 Å². The predicted octanol–water partition coefficient (Wildman–Crippen LogP) is 8.53. The second-order valence-electron chi connectivity index (χ2n) is 13.6. The molecule has 10 nitrogen and oxygen atoms in total. The Morgan fingerprint density at radius 3 is 1.98 bits per heavy atom. The van der Waals surface area contributed by atoms with Gasteiger partial charge < -0.3 is 40.1 Å². The number of aliphatic carboxylic acids is 2. The van der Waals surface area contributed by atoms with Gasteiger partial charge in [0.05, 0.1) is 34.9 Å². The molecule has 0 saturated heterocycles. The van der Waals surface area contributed by atoms with Crippen LogP contribution >= 0.6 is 78.1 Å². The van der Waals surface area contributed by atoms with Gasteiger partial charge in [-0.15, -0.1) is 46.2 Å². The highest BCUT2D eigenvalue weighted by Gasteiger charge is 2.33. The maximum atomic E-state index is 10.5. The molecule has 2 aliphatic carbocycles. The highest BCUT2D eigenvalue weighted by molar-refractivity contribution is 9.11. The average Bonchev–Trinajstić information content (AvgIpc) is 3.89. The Labute approximate surface area is 363 Å². The third-order valence-electron chi connectivity index (χ3n) is 9.33. The molecule has 0 aliphatic heterocycles. The molecule has 56 heavy (non-hydrogen) atoms. The van der Waals surface area contributed by atoms with Crippen LogP contribution in [0.4, 0.5) is 0 Å². The zero-order chi connectivity index (χ0) is 41.0. The van der Waals surface area contributed by atoms with Crippen molar-refractivity contribution < 1.29 is 49.7 Å².